The van der Waals surface area contributed by atoms with Crippen LogP contribution in [0.1, 0.15) is 15.9 Å². The molecule has 3 aromatic rings. The first-order valence-electron chi connectivity index (χ1n) is 8.79. The number of nitrogens with one attached hydrogen (secondary N) is 2. The number of halogens is 1. The third-order valence-corrected chi connectivity index (χ3v) is 4.05. The molecule has 0 aliphatic rings. The van der Waals surface area contributed by atoms with Crippen molar-refractivity contribution < 1.29 is 14.3 Å². The third kappa shape index (κ3) is 6.48. The van der Waals surface area contributed by atoms with Crippen molar-refractivity contribution in [3.05, 3.63) is 95.0 Å². The SMILES string of the molecule is O=C(CNc1ccccc1)N/N=C/c1ccc(OC(=O)c2ccc(Cl)cc2)cc1. The fraction of sp³-hybridized carbons (Fsp3) is 0.0455. The van der Waals surface area contributed by atoms with Gasteiger partial charge in [-0.15, -0.1) is 0 Å². The second kappa shape index (κ2) is 10.1. The monoisotopic (exact) mass is 407 g/mol. The lowest BCUT2D eigenvalue weighted by atomic mass is 10.2. The molecule has 29 heavy (non-hydrogen) atoms. The van der Waals surface area contributed by atoms with Crippen LogP contribution in [0.3, 0.4) is 0 Å². The molecule has 0 fully saturated rings. The zero-order chi connectivity index (χ0) is 20.5. The highest BCUT2D eigenvalue weighted by molar-refractivity contribution is 6.30. The van der Waals surface area contributed by atoms with Crippen LogP contribution in [0.5, 0.6) is 5.75 Å². The number of hydrazone groups is 1. The number of rotatable bonds is 7. The summed E-state index contributed by atoms with van der Waals surface area (Å²) in [5.74, 6) is -0.335. The van der Waals surface area contributed by atoms with E-state index in [4.69, 9.17) is 16.3 Å². The molecule has 0 bridgehead atoms. The smallest absolute Gasteiger partial charge is 0.343 e. The summed E-state index contributed by atoms with van der Waals surface area (Å²) in [6.07, 6.45) is 1.51. The van der Waals surface area contributed by atoms with Crippen molar-refractivity contribution in [2.24, 2.45) is 5.10 Å². The van der Waals surface area contributed by atoms with Crippen LogP contribution in [0.15, 0.2) is 84.0 Å². The van der Waals surface area contributed by atoms with E-state index in [9.17, 15) is 9.59 Å². The van der Waals surface area contributed by atoms with Crippen LogP contribution < -0.4 is 15.5 Å². The van der Waals surface area contributed by atoms with Crippen molar-refractivity contribution >= 4 is 35.4 Å². The summed E-state index contributed by atoms with van der Waals surface area (Å²) in [6, 6.07) is 22.6. The van der Waals surface area contributed by atoms with Gasteiger partial charge in [-0.2, -0.15) is 5.10 Å². The van der Waals surface area contributed by atoms with Gasteiger partial charge in [-0.25, -0.2) is 10.2 Å². The molecule has 0 radical (unpaired) electrons. The van der Waals surface area contributed by atoms with Crippen LogP contribution in [0.4, 0.5) is 5.69 Å². The molecule has 7 heteroatoms. The van der Waals surface area contributed by atoms with Crippen LogP contribution in [0.25, 0.3) is 0 Å². The van der Waals surface area contributed by atoms with Gasteiger partial charge in [-0.3, -0.25) is 4.79 Å². The molecule has 0 aromatic heterocycles. The van der Waals surface area contributed by atoms with Crippen LogP contribution in [-0.2, 0) is 4.79 Å². The first-order chi connectivity index (χ1) is 14.1. The summed E-state index contributed by atoms with van der Waals surface area (Å²) >= 11 is 5.81. The van der Waals surface area contributed by atoms with E-state index in [0.717, 1.165) is 11.3 Å². The maximum Gasteiger partial charge on any atom is 0.343 e. The maximum absolute atomic E-state index is 12.1. The topological polar surface area (TPSA) is 79.8 Å². The van der Waals surface area contributed by atoms with Crippen LogP contribution in [0.2, 0.25) is 5.02 Å². The number of esters is 1. The normalized spacial score (nSPS) is 10.5. The van der Waals surface area contributed by atoms with Crippen molar-refractivity contribution in [2.45, 2.75) is 0 Å². The van der Waals surface area contributed by atoms with E-state index >= 15 is 0 Å². The minimum Gasteiger partial charge on any atom is -0.423 e. The van der Waals surface area contributed by atoms with E-state index in [-0.39, 0.29) is 12.5 Å². The molecule has 3 aromatic carbocycles. The first kappa shape index (κ1) is 20.1. The van der Waals surface area contributed by atoms with Gasteiger partial charge in [0.15, 0.2) is 0 Å². The Morgan fingerprint density at radius 1 is 0.931 bits per heavy atom. The molecule has 0 aliphatic heterocycles. The third-order valence-electron chi connectivity index (χ3n) is 3.80. The van der Waals surface area contributed by atoms with Crippen molar-refractivity contribution in [3.63, 3.8) is 0 Å². The molecule has 0 unspecified atom stereocenters. The summed E-state index contributed by atoms with van der Waals surface area (Å²) in [6.45, 7) is 0.112. The van der Waals surface area contributed by atoms with Gasteiger partial charge in [0.25, 0.3) is 5.91 Å². The molecular weight excluding hydrogens is 390 g/mol. The highest BCUT2D eigenvalue weighted by atomic mass is 35.5. The van der Waals surface area contributed by atoms with Crippen molar-refractivity contribution in [1.82, 2.24) is 5.43 Å². The molecule has 0 saturated carbocycles. The Bertz CT molecular complexity index is 988. The molecular formula is C22H18ClN3O3. The molecule has 3 rings (SSSR count). The Morgan fingerprint density at radius 2 is 1.62 bits per heavy atom. The Labute approximate surface area is 173 Å². The zero-order valence-corrected chi connectivity index (χ0v) is 16.1. The summed E-state index contributed by atoms with van der Waals surface area (Å²) in [5, 5.41) is 7.46. The Balaban J connectivity index is 1.46. The molecule has 0 spiro atoms. The minimum atomic E-state index is -0.471. The summed E-state index contributed by atoms with van der Waals surface area (Å²) in [5.41, 5.74) is 4.46. The number of hydrogen-bond acceptors (Lipinski definition) is 5. The second-order valence-corrected chi connectivity index (χ2v) is 6.41. The number of para-hydroxylation sites is 1. The van der Waals surface area contributed by atoms with E-state index in [1.165, 1.54) is 6.21 Å². The number of amides is 1. The molecule has 0 saturated heterocycles. The zero-order valence-electron chi connectivity index (χ0n) is 15.3. The van der Waals surface area contributed by atoms with Crippen molar-refractivity contribution in [1.29, 1.82) is 0 Å². The maximum atomic E-state index is 12.1. The number of anilines is 1. The molecule has 2 N–H and O–H groups in total. The lowest BCUT2D eigenvalue weighted by Gasteiger charge is -2.05. The van der Waals surface area contributed by atoms with Gasteiger partial charge in [0.1, 0.15) is 5.75 Å². The fourth-order valence-corrected chi connectivity index (χ4v) is 2.46. The van der Waals surface area contributed by atoms with Crippen LogP contribution in [0, 0.1) is 0 Å². The average Bonchev–Trinajstić information content (AvgIpc) is 2.75. The summed E-state index contributed by atoms with van der Waals surface area (Å²) < 4.78 is 5.31. The van der Waals surface area contributed by atoms with E-state index in [2.05, 4.69) is 15.8 Å². The Kier molecular flexibility index (Phi) is 6.97. The first-order valence-corrected chi connectivity index (χ1v) is 9.16. The molecule has 0 heterocycles. The van der Waals surface area contributed by atoms with Gasteiger partial charge in [0, 0.05) is 10.7 Å². The van der Waals surface area contributed by atoms with Gasteiger partial charge in [-0.05, 0) is 66.2 Å². The lowest BCUT2D eigenvalue weighted by Crippen LogP contribution is -2.25. The van der Waals surface area contributed by atoms with E-state index < -0.39 is 5.97 Å². The number of hydrogen-bond donors (Lipinski definition) is 2. The quantitative estimate of drug-likeness (QED) is 0.267. The predicted octanol–water partition coefficient (Wildman–Crippen LogP) is 4.12. The number of ether oxygens (including phenoxy) is 1. The lowest BCUT2D eigenvalue weighted by molar-refractivity contribution is -0.119. The van der Waals surface area contributed by atoms with Crippen LogP contribution >= 0.6 is 11.6 Å². The van der Waals surface area contributed by atoms with Gasteiger partial charge in [0.2, 0.25) is 0 Å². The summed E-state index contributed by atoms with van der Waals surface area (Å²) in [7, 11) is 0. The Hall–Kier alpha value is -3.64. The molecule has 0 atom stereocenters. The molecule has 1 amide bonds. The van der Waals surface area contributed by atoms with Gasteiger partial charge in [0.05, 0.1) is 18.3 Å². The highest BCUT2D eigenvalue weighted by Crippen LogP contribution is 2.15. The second-order valence-electron chi connectivity index (χ2n) is 5.98. The van der Waals surface area contributed by atoms with Crippen molar-refractivity contribution in [3.8, 4) is 5.75 Å². The summed E-state index contributed by atoms with van der Waals surface area (Å²) in [4.78, 5) is 23.9. The number of carbonyl (C=O) groups excluding carboxylic acids is 2. The van der Waals surface area contributed by atoms with Crippen molar-refractivity contribution in [2.75, 3.05) is 11.9 Å². The van der Waals surface area contributed by atoms with Gasteiger partial charge >= 0.3 is 5.97 Å². The number of nitrogens with zero attached hydrogens (tertiary/aromatic N) is 1. The standard InChI is InChI=1S/C22H18ClN3O3/c23-18-10-8-17(9-11-18)22(28)29-20-12-6-16(7-13-20)14-25-26-21(27)15-24-19-4-2-1-3-5-19/h1-14,24H,15H2,(H,26,27)/b25-14+. The minimum absolute atomic E-state index is 0.112. The van der Waals surface area contributed by atoms with Gasteiger partial charge in [-0.1, -0.05) is 29.8 Å². The number of carbonyl (C=O) groups is 2. The predicted molar refractivity (Wildman–Crippen MR) is 114 cm³/mol. The fourth-order valence-electron chi connectivity index (χ4n) is 2.33. The highest BCUT2D eigenvalue weighted by Gasteiger charge is 2.08. The van der Waals surface area contributed by atoms with E-state index in [0.29, 0.717) is 16.3 Å². The van der Waals surface area contributed by atoms with Crippen LogP contribution in [-0.4, -0.2) is 24.6 Å². The van der Waals surface area contributed by atoms with E-state index in [1.807, 2.05) is 30.3 Å². The van der Waals surface area contributed by atoms with E-state index in [1.54, 1.807) is 48.5 Å². The average molecular weight is 408 g/mol. The number of benzene rings is 3. The molecule has 146 valence electrons. The largest absolute Gasteiger partial charge is 0.423 e. The molecule has 6 nitrogen and oxygen atoms in total. The van der Waals surface area contributed by atoms with Gasteiger partial charge < -0.3 is 10.1 Å². The molecule has 0 aliphatic carbocycles. The Morgan fingerprint density at radius 3 is 2.31 bits per heavy atom.